The molecule has 1 aromatic carbocycles. The van der Waals surface area contributed by atoms with E-state index in [9.17, 15) is 4.79 Å². The first kappa shape index (κ1) is 14.0. The standard InChI is InChI=1S/C15H20N4O2/c1-2-7-19-14-6-5-11(9-13(14)17-18-19)15(20)16-10-12-4-3-8-21-12/h5-6,9,12H,2-4,7-8,10H2,1H3,(H,16,20). The molecule has 3 rings (SSSR count). The normalized spacial score (nSPS) is 18.2. The summed E-state index contributed by atoms with van der Waals surface area (Å²) in [6.07, 6.45) is 3.25. The maximum absolute atomic E-state index is 12.2. The van der Waals surface area contributed by atoms with E-state index in [0.717, 1.165) is 43.4 Å². The lowest BCUT2D eigenvalue weighted by Crippen LogP contribution is -2.31. The van der Waals surface area contributed by atoms with Crippen molar-refractivity contribution in [3.63, 3.8) is 0 Å². The lowest BCUT2D eigenvalue weighted by Gasteiger charge is -2.10. The number of amides is 1. The largest absolute Gasteiger partial charge is 0.376 e. The number of aromatic nitrogens is 3. The van der Waals surface area contributed by atoms with Crippen LogP contribution in [0.1, 0.15) is 36.5 Å². The Morgan fingerprint density at radius 1 is 1.52 bits per heavy atom. The Hall–Kier alpha value is -1.95. The first-order valence-corrected chi connectivity index (χ1v) is 7.51. The Kier molecular flexibility index (Phi) is 4.15. The molecule has 6 heteroatoms. The molecular weight excluding hydrogens is 268 g/mol. The monoisotopic (exact) mass is 288 g/mol. The number of carbonyl (C=O) groups excluding carboxylic acids is 1. The van der Waals surface area contributed by atoms with E-state index in [1.165, 1.54) is 0 Å². The van der Waals surface area contributed by atoms with Crippen molar-refractivity contribution in [1.29, 1.82) is 0 Å². The van der Waals surface area contributed by atoms with E-state index in [-0.39, 0.29) is 12.0 Å². The van der Waals surface area contributed by atoms with E-state index in [2.05, 4.69) is 22.6 Å². The van der Waals surface area contributed by atoms with Crippen LogP contribution in [0, 0.1) is 0 Å². The van der Waals surface area contributed by atoms with Gasteiger partial charge in [0.15, 0.2) is 0 Å². The number of hydrogen-bond acceptors (Lipinski definition) is 4. The summed E-state index contributed by atoms with van der Waals surface area (Å²) < 4.78 is 7.36. The minimum atomic E-state index is -0.0857. The van der Waals surface area contributed by atoms with Crippen LogP contribution >= 0.6 is 0 Å². The highest BCUT2D eigenvalue weighted by molar-refractivity contribution is 5.97. The molecule has 0 bridgehead atoms. The van der Waals surface area contributed by atoms with E-state index in [4.69, 9.17) is 4.74 Å². The van der Waals surface area contributed by atoms with E-state index < -0.39 is 0 Å². The van der Waals surface area contributed by atoms with E-state index >= 15 is 0 Å². The van der Waals surface area contributed by atoms with Gasteiger partial charge in [0, 0.05) is 25.3 Å². The number of nitrogens with one attached hydrogen (secondary N) is 1. The summed E-state index contributed by atoms with van der Waals surface area (Å²) in [6.45, 7) is 4.30. The molecule has 0 saturated carbocycles. The molecule has 1 atom stereocenters. The number of ether oxygens (including phenoxy) is 1. The zero-order chi connectivity index (χ0) is 14.7. The molecule has 1 unspecified atom stereocenters. The molecule has 0 radical (unpaired) electrons. The summed E-state index contributed by atoms with van der Waals surface area (Å²) in [5.41, 5.74) is 2.34. The molecule has 1 fully saturated rings. The van der Waals surface area contributed by atoms with Gasteiger partial charge >= 0.3 is 0 Å². The minimum absolute atomic E-state index is 0.0857. The lowest BCUT2D eigenvalue weighted by molar-refractivity contribution is 0.0858. The van der Waals surface area contributed by atoms with E-state index in [1.807, 2.05) is 16.8 Å². The van der Waals surface area contributed by atoms with Crippen LogP contribution in [0.3, 0.4) is 0 Å². The third-order valence-electron chi connectivity index (χ3n) is 3.73. The summed E-state index contributed by atoms with van der Waals surface area (Å²) in [7, 11) is 0. The van der Waals surface area contributed by atoms with Crippen LogP contribution in [0.15, 0.2) is 18.2 Å². The highest BCUT2D eigenvalue weighted by Crippen LogP contribution is 2.15. The number of nitrogens with zero attached hydrogens (tertiary/aromatic N) is 3. The second kappa shape index (κ2) is 6.22. The Bertz CT molecular complexity index is 632. The smallest absolute Gasteiger partial charge is 0.251 e. The summed E-state index contributed by atoms with van der Waals surface area (Å²) in [5, 5.41) is 11.2. The highest BCUT2D eigenvalue weighted by Gasteiger charge is 2.17. The predicted molar refractivity (Wildman–Crippen MR) is 79.1 cm³/mol. The molecule has 6 nitrogen and oxygen atoms in total. The van der Waals surface area contributed by atoms with Gasteiger partial charge in [-0.25, -0.2) is 4.68 Å². The average molecular weight is 288 g/mol. The van der Waals surface area contributed by atoms with Crippen LogP contribution in [0.25, 0.3) is 11.0 Å². The first-order valence-electron chi connectivity index (χ1n) is 7.51. The van der Waals surface area contributed by atoms with Gasteiger partial charge in [0.2, 0.25) is 0 Å². The van der Waals surface area contributed by atoms with Crippen molar-refractivity contribution in [2.45, 2.75) is 38.8 Å². The van der Waals surface area contributed by atoms with Crippen molar-refractivity contribution in [2.75, 3.05) is 13.2 Å². The van der Waals surface area contributed by atoms with Gasteiger partial charge in [-0.3, -0.25) is 4.79 Å². The van der Waals surface area contributed by atoms with Gasteiger partial charge in [-0.1, -0.05) is 12.1 Å². The second-order valence-electron chi connectivity index (χ2n) is 5.36. The topological polar surface area (TPSA) is 69.0 Å². The van der Waals surface area contributed by atoms with E-state index in [1.54, 1.807) is 6.07 Å². The van der Waals surface area contributed by atoms with Gasteiger partial charge in [0.25, 0.3) is 5.91 Å². The molecule has 1 saturated heterocycles. The van der Waals surface area contributed by atoms with Crippen LogP contribution in [-0.2, 0) is 11.3 Å². The number of hydrogen-bond donors (Lipinski definition) is 1. The fraction of sp³-hybridized carbons (Fsp3) is 0.533. The van der Waals surface area contributed by atoms with Gasteiger partial charge in [-0.15, -0.1) is 5.10 Å². The molecule has 112 valence electrons. The minimum Gasteiger partial charge on any atom is -0.376 e. The summed E-state index contributed by atoms with van der Waals surface area (Å²) >= 11 is 0. The average Bonchev–Trinajstić information content (AvgIpc) is 3.14. The summed E-state index contributed by atoms with van der Waals surface area (Å²) in [5.74, 6) is -0.0857. The summed E-state index contributed by atoms with van der Waals surface area (Å²) in [6, 6.07) is 5.52. The zero-order valence-corrected chi connectivity index (χ0v) is 12.2. The summed E-state index contributed by atoms with van der Waals surface area (Å²) in [4.78, 5) is 12.2. The molecule has 1 aromatic heterocycles. The molecule has 2 heterocycles. The Morgan fingerprint density at radius 3 is 3.19 bits per heavy atom. The Morgan fingerprint density at radius 2 is 2.43 bits per heavy atom. The number of carbonyl (C=O) groups is 1. The highest BCUT2D eigenvalue weighted by atomic mass is 16.5. The van der Waals surface area contributed by atoms with Crippen LogP contribution in [0.5, 0.6) is 0 Å². The zero-order valence-electron chi connectivity index (χ0n) is 12.2. The van der Waals surface area contributed by atoms with Crippen molar-refractivity contribution in [3.8, 4) is 0 Å². The van der Waals surface area contributed by atoms with Crippen molar-refractivity contribution in [2.24, 2.45) is 0 Å². The fourth-order valence-electron chi connectivity index (χ4n) is 2.60. The van der Waals surface area contributed by atoms with Crippen LogP contribution in [0.4, 0.5) is 0 Å². The number of fused-ring (bicyclic) bond motifs is 1. The van der Waals surface area contributed by atoms with Crippen LogP contribution < -0.4 is 5.32 Å². The molecule has 0 spiro atoms. The molecule has 1 amide bonds. The molecule has 0 aliphatic carbocycles. The molecule has 21 heavy (non-hydrogen) atoms. The van der Waals surface area contributed by atoms with Crippen molar-refractivity contribution in [1.82, 2.24) is 20.3 Å². The third kappa shape index (κ3) is 3.05. The third-order valence-corrected chi connectivity index (χ3v) is 3.73. The lowest BCUT2D eigenvalue weighted by atomic mass is 10.1. The second-order valence-corrected chi connectivity index (χ2v) is 5.36. The predicted octanol–water partition coefficient (Wildman–Crippen LogP) is 1.75. The van der Waals surface area contributed by atoms with Gasteiger partial charge < -0.3 is 10.1 Å². The molecule has 1 N–H and O–H groups in total. The molecule has 2 aromatic rings. The Balaban J connectivity index is 1.69. The van der Waals surface area contributed by atoms with Crippen LogP contribution in [-0.4, -0.2) is 40.2 Å². The molecule has 1 aliphatic heterocycles. The fourth-order valence-corrected chi connectivity index (χ4v) is 2.60. The number of benzene rings is 1. The van der Waals surface area contributed by atoms with Gasteiger partial charge in [0.1, 0.15) is 5.52 Å². The SMILES string of the molecule is CCCn1nnc2cc(C(=O)NCC3CCCO3)ccc21. The number of aryl methyl sites for hydroxylation is 1. The van der Waals surface area contributed by atoms with E-state index in [0.29, 0.717) is 12.1 Å². The van der Waals surface area contributed by atoms with Gasteiger partial charge in [-0.2, -0.15) is 0 Å². The van der Waals surface area contributed by atoms with Crippen molar-refractivity contribution >= 4 is 16.9 Å². The van der Waals surface area contributed by atoms with Gasteiger partial charge in [0.05, 0.1) is 11.6 Å². The maximum atomic E-state index is 12.2. The maximum Gasteiger partial charge on any atom is 0.251 e. The molecule has 1 aliphatic rings. The van der Waals surface area contributed by atoms with Crippen LogP contribution in [0.2, 0.25) is 0 Å². The molecular formula is C15H20N4O2. The first-order chi connectivity index (χ1) is 10.3. The number of rotatable bonds is 5. The van der Waals surface area contributed by atoms with Crippen molar-refractivity contribution in [3.05, 3.63) is 23.8 Å². The quantitative estimate of drug-likeness (QED) is 0.910. The van der Waals surface area contributed by atoms with Gasteiger partial charge in [-0.05, 0) is 37.5 Å². The Labute approximate surface area is 123 Å². The van der Waals surface area contributed by atoms with Crippen molar-refractivity contribution < 1.29 is 9.53 Å².